The summed E-state index contributed by atoms with van der Waals surface area (Å²) in [6, 6.07) is 13.1. The van der Waals surface area contributed by atoms with Gasteiger partial charge in [0.2, 0.25) is 9.84 Å². The summed E-state index contributed by atoms with van der Waals surface area (Å²) in [5.41, 5.74) is 12.4. The maximum Gasteiger partial charge on any atom is 0.206 e. The third kappa shape index (κ3) is 7.63. The normalized spacial score (nSPS) is 10.4. The van der Waals surface area contributed by atoms with Crippen LogP contribution in [-0.2, 0) is 21.3 Å². The molecule has 148 valence electrons. The number of benzene rings is 2. The monoisotopic (exact) mass is 466 g/mol. The van der Waals surface area contributed by atoms with E-state index in [1.165, 1.54) is 23.5 Å². The van der Waals surface area contributed by atoms with Crippen LogP contribution >= 0.6 is 48.3 Å². The molecular formula is C16H20Cl2N4O2S3. The maximum atomic E-state index is 12.7. The van der Waals surface area contributed by atoms with Crippen LogP contribution in [0.15, 0.2) is 58.3 Å². The van der Waals surface area contributed by atoms with Gasteiger partial charge < -0.3 is 11.5 Å². The van der Waals surface area contributed by atoms with Gasteiger partial charge in [0, 0.05) is 11.5 Å². The van der Waals surface area contributed by atoms with Crippen LogP contribution in [0.5, 0.6) is 0 Å². The number of hydrogen-bond donors (Lipinski definition) is 4. The van der Waals surface area contributed by atoms with Crippen molar-refractivity contribution in [2.24, 2.45) is 11.5 Å². The number of thioether (sulfide) groups is 2. The Morgan fingerprint density at radius 3 is 1.30 bits per heavy atom. The van der Waals surface area contributed by atoms with Crippen LogP contribution in [0.4, 0.5) is 0 Å². The van der Waals surface area contributed by atoms with Gasteiger partial charge in [-0.2, -0.15) is 0 Å². The number of sulfone groups is 1. The minimum atomic E-state index is -3.58. The van der Waals surface area contributed by atoms with Crippen molar-refractivity contribution in [2.75, 3.05) is 0 Å². The van der Waals surface area contributed by atoms with E-state index < -0.39 is 9.84 Å². The number of hydrogen-bond acceptors (Lipinski definition) is 6. The number of amidine groups is 2. The van der Waals surface area contributed by atoms with Gasteiger partial charge in [-0.25, -0.2) is 8.42 Å². The summed E-state index contributed by atoms with van der Waals surface area (Å²) in [6.07, 6.45) is 0. The molecule has 0 fully saturated rings. The van der Waals surface area contributed by atoms with Gasteiger partial charge in [-0.05, 0) is 35.4 Å². The Balaban J connectivity index is 0.00000338. The van der Waals surface area contributed by atoms with Crippen LogP contribution in [-0.4, -0.2) is 18.8 Å². The van der Waals surface area contributed by atoms with Crippen molar-refractivity contribution in [3.05, 3.63) is 59.7 Å². The molecule has 0 aliphatic carbocycles. The third-order valence-corrected chi connectivity index (χ3v) is 6.62. The molecule has 0 bridgehead atoms. The van der Waals surface area contributed by atoms with Gasteiger partial charge in [-0.3, -0.25) is 10.8 Å². The summed E-state index contributed by atoms with van der Waals surface area (Å²) in [5, 5.41) is 14.4. The predicted octanol–water partition coefficient (Wildman–Crippen LogP) is 3.62. The molecule has 11 heteroatoms. The van der Waals surface area contributed by atoms with Gasteiger partial charge in [0.1, 0.15) is 0 Å². The molecule has 0 saturated heterocycles. The Morgan fingerprint density at radius 2 is 1.04 bits per heavy atom. The van der Waals surface area contributed by atoms with Crippen LogP contribution in [0.2, 0.25) is 0 Å². The van der Waals surface area contributed by atoms with E-state index in [1.807, 2.05) is 0 Å². The second-order valence-corrected chi connectivity index (χ2v) is 9.08. The summed E-state index contributed by atoms with van der Waals surface area (Å²) in [5.74, 6) is 1.05. The minimum Gasteiger partial charge on any atom is -0.379 e. The Hall–Kier alpha value is -1.39. The highest BCUT2D eigenvalue weighted by molar-refractivity contribution is 8.13. The van der Waals surface area contributed by atoms with Gasteiger partial charge >= 0.3 is 0 Å². The molecule has 0 aliphatic heterocycles. The fourth-order valence-corrected chi connectivity index (χ4v) is 4.28. The molecule has 6 N–H and O–H groups in total. The highest BCUT2D eigenvalue weighted by Gasteiger charge is 2.17. The van der Waals surface area contributed by atoms with E-state index in [4.69, 9.17) is 22.3 Å². The van der Waals surface area contributed by atoms with Crippen LogP contribution in [0.25, 0.3) is 0 Å². The highest BCUT2D eigenvalue weighted by Crippen LogP contribution is 2.23. The molecule has 6 nitrogen and oxygen atoms in total. The molecule has 0 spiro atoms. The van der Waals surface area contributed by atoms with E-state index in [9.17, 15) is 8.42 Å². The van der Waals surface area contributed by atoms with Crippen LogP contribution in [0.1, 0.15) is 11.1 Å². The van der Waals surface area contributed by atoms with E-state index in [0.717, 1.165) is 11.1 Å². The zero-order valence-corrected chi connectivity index (χ0v) is 18.1. The molecule has 0 amide bonds. The predicted molar refractivity (Wildman–Crippen MR) is 119 cm³/mol. The van der Waals surface area contributed by atoms with E-state index in [1.54, 1.807) is 48.5 Å². The smallest absolute Gasteiger partial charge is 0.206 e. The Morgan fingerprint density at radius 1 is 0.741 bits per heavy atom. The third-order valence-electron chi connectivity index (χ3n) is 3.26. The van der Waals surface area contributed by atoms with Crippen molar-refractivity contribution >= 4 is 68.5 Å². The van der Waals surface area contributed by atoms with Gasteiger partial charge in [0.05, 0.1) is 9.79 Å². The van der Waals surface area contributed by atoms with E-state index in [2.05, 4.69) is 0 Å². The first-order valence-corrected chi connectivity index (χ1v) is 10.6. The second kappa shape index (κ2) is 11.5. The summed E-state index contributed by atoms with van der Waals surface area (Å²) in [7, 11) is -3.58. The molecule has 0 atom stereocenters. The van der Waals surface area contributed by atoms with E-state index in [0.29, 0.717) is 11.5 Å². The number of rotatable bonds is 6. The van der Waals surface area contributed by atoms with Crippen molar-refractivity contribution < 1.29 is 8.42 Å². The molecule has 2 aromatic carbocycles. The number of halogens is 2. The molecule has 2 rings (SSSR count). The SMILES string of the molecule is Cl.Cl.N=C(N)SCc1ccc(S(=O)(=O)c2ccc(CSC(=N)N)cc2)cc1. The van der Waals surface area contributed by atoms with Crippen molar-refractivity contribution in [2.45, 2.75) is 21.3 Å². The standard InChI is InChI=1S/C16H18N4O2S3.2ClH/c17-15(18)23-9-11-1-5-13(6-2-11)25(21,22)14-7-3-12(4-8-14)10-24-16(19)20;;/h1-8H,9-10H2,(H3,17,18)(H3,19,20);2*1H. The summed E-state index contributed by atoms with van der Waals surface area (Å²) in [4.78, 5) is 0.435. The highest BCUT2D eigenvalue weighted by atomic mass is 35.5. The number of nitrogens with two attached hydrogens (primary N) is 2. The molecule has 0 heterocycles. The molecule has 0 radical (unpaired) electrons. The lowest BCUT2D eigenvalue weighted by atomic mass is 10.2. The Bertz CT molecular complexity index is 806. The lowest BCUT2D eigenvalue weighted by Gasteiger charge is -2.07. The summed E-state index contributed by atoms with van der Waals surface area (Å²) < 4.78 is 25.3. The lowest BCUT2D eigenvalue weighted by Crippen LogP contribution is -2.05. The van der Waals surface area contributed by atoms with Crippen LogP contribution in [0, 0.1) is 10.8 Å². The summed E-state index contributed by atoms with van der Waals surface area (Å²) in [6.45, 7) is 0. The molecule has 0 saturated carbocycles. The molecule has 0 aromatic heterocycles. The first-order valence-electron chi connectivity index (χ1n) is 7.15. The van der Waals surface area contributed by atoms with Crippen LogP contribution in [0.3, 0.4) is 0 Å². The van der Waals surface area contributed by atoms with E-state index in [-0.39, 0.29) is 44.9 Å². The second-order valence-electron chi connectivity index (χ2n) is 5.10. The van der Waals surface area contributed by atoms with Gasteiger partial charge in [0.25, 0.3) is 0 Å². The summed E-state index contributed by atoms with van der Waals surface area (Å²) >= 11 is 2.38. The quantitative estimate of drug-likeness (QED) is 0.379. The molecule has 27 heavy (non-hydrogen) atoms. The van der Waals surface area contributed by atoms with Gasteiger partial charge in [-0.15, -0.1) is 24.8 Å². The zero-order chi connectivity index (χ0) is 18.4. The lowest BCUT2D eigenvalue weighted by molar-refractivity contribution is 0.596. The molecular weight excluding hydrogens is 447 g/mol. The Labute approximate surface area is 179 Å². The maximum absolute atomic E-state index is 12.7. The van der Waals surface area contributed by atoms with Crippen LogP contribution < -0.4 is 11.5 Å². The average molecular weight is 467 g/mol. The van der Waals surface area contributed by atoms with Gasteiger partial charge in [-0.1, -0.05) is 47.8 Å². The van der Waals surface area contributed by atoms with Crippen molar-refractivity contribution in [3.63, 3.8) is 0 Å². The average Bonchev–Trinajstić information content (AvgIpc) is 2.59. The molecule has 2 aromatic rings. The first-order chi connectivity index (χ1) is 11.8. The fourth-order valence-electron chi connectivity index (χ4n) is 1.99. The fraction of sp³-hybridized carbons (Fsp3) is 0.125. The minimum absolute atomic E-state index is 0. The molecule has 0 aliphatic rings. The van der Waals surface area contributed by atoms with Crippen molar-refractivity contribution in [1.82, 2.24) is 0 Å². The largest absolute Gasteiger partial charge is 0.379 e. The van der Waals surface area contributed by atoms with Gasteiger partial charge in [0.15, 0.2) is 10.3 Å². The number of nitrogens with one attached hydrogen (secondary N) is 2. The van der Waals surface area contributed by atoms with Crippen molar-refractivity contribution in [1.29, 1.82) is 10.8 Å². The van der Waals surface area contributed by atoms with Crippen molar-refractivity contribution in [3.8, 4) is 0 Å². The Kier molecular flexibility index (Phi) is 10.9. The molecule has 0 unspecified atom stereocenters. The first kappa shape index (κ1) is 25.6. The zero-order valence-electron chi connectivity index (χ0n) is 14.0. The van der Waals surface area contributed by atoms with E-state index >= 15 is 0 Å². The topological polar surface area (TPSA) is 134 Å².